The van der Waals surface area contributed by atoms with Crippen molar-refractivity contribution < 1.29 is 4.74 Å². The topological polar surface area (TPSA) is 35.2 Å². The standard InChI is InChI=1S/C17H18ClNO/c1-13(19)16-12-15(18)9-10-17(16)20-11-5-8-14-6-3-2-4-7-14/h2-10,12-13H,11,19H2,1H3. The maximum Gasteiger partial charge on any atom is 0.124 e. The quantitative estimate of drug-likeness (QED) is 0.881. The molecule has 1 atom stereocenters. The maximum atomic E-state index is 5.98. The summed E-state index contributed by atoms with van der Waals surface area (Å²) in [6.07, 6.45) is 4.01. The summed E-state index contributed by atoms with van der Waals surface area (Å²) in [5, 5.41) is 0.671. The van der Waals surface area contributed by atoms with Gasteiger partial charge in [-0.3, -0.25) is 0 Å². The zero-order valence-corrected chi connectivity index (χ0v) is 12.2. The first-order valence-corrected chi connectivity index (χ1v) is 6.94. The van der Waals surface area contributed by atoms with Gasteiger partial charge in [-0.15, -0.1) is 0 Å². The third-order valence-corrected chi connectivity index (χ3v) is 3.14. The van der Waals surface area contributed by atoms with Crippen LogP contribution >= 0.6 is 11.6 Å². The fourth-order valence-electron chi connectivity index (χ4n) is 1.89. The molecule has 3 heteroatoms. The Labute approximate surface area is 124 Å². The number of halogens is 1. The Bertz CT molecular complexity index is 579. The van der Waals surface area contributed by atoms with E-state index in [0.717, 1.165) is 16.9 Å². The molecule has 0 fully saturated rings. The molecule has 104 valence electrons. The third-order valence-electron chi connectivity index (χ3n) is 2.91. The minimum Gasteiger partial charge on any atom is -0.489 e. The van der Waals surface area contributed by atoms with E-state index in [9.17, 15) is 0 Å². The van der Waals surface area contributed by atoms with Crippen molar-refractivity contribution in [3.63, 3.8) is 0 Å². The minimum atomic E-state index is -0.109. The van der Waals surface area contributed by atoms with Crippen LogP contribution in [0.1, 0.15) is 24.1 Å². The molecule has 0 aliphatic carbocycles. The molecule has 20 heavy (non-hydrogen) atoms. The van der Waals surface area contributed by atoms with E-state index < -0.39 is 0 Å². The van der Waals surface area contributed by atoms with Gasteiger partial charge in [0.1, 0.15) is 12.4 Å². The number of ether oxygens (including phenoxy) is 1. The summed E-state index contributed by atoms with van der Waals surface area (Å²) in [5.41, 5.74) is 8.00. The van der Waals surface area contributed by atoms with Gasteiger partial charge in [0.15, 0.2) is 0 Å². The Morgan fingerprint density at radius 1 is 1.20 bits per heavy atom. The van der Waals surface area contributed by atoms with E-state index in [-0.39, 0.29) is 6.04 Å². The lowest BCUT2D eigenvalue weighted by Gasteiger charge is -2.13. The van der Waals surface area contributed by atoms with Gasteiger partial charge in [0.25, 0.3) is 0 Å². The number of hydrogen-bond acceptors (Lipinski definition) is 2. The van der Waals surface area contributed by atoms with E-state index in [1.165, 1.54) is 0 Å². The third kappa shape index (κ3) is 4.12. The molecule has 2 aromatic rings. The van der Waals surface area contributed by atoms with E-state index in [1.54, 1.807) is 0 Å². The molecule has 0 heterocycles. The molecule has 2 nitrogen and oxygen atoms in total. The van der Waals surface area contributed by atoms with E-state index in [0.29, 0.717) is 11.6 Å². The zero-order chi connectivity index (χ0) is 14.4. The van der Waals surface area contributed by atoms with Crippen LogP contribution in [0.2, 0.25) is 5.02 Å². The number of rotatable bonds is 5. The van der Waals surface area contributed by atoms with Gasteiger partial charge < -0.3 is 10.5 Å². The van der Waals surface area contributed by atoms with Crippen molar-refractivity contribution in [2.24, 2.45) is 5.73 Å². The van der Waals surface area contributed by atoms with Crippen molar-refractivity contribution in [1.29, 1.82) is 0 Å². The largest absolute Gasteiger partial charge is 0.489 e. The van der Waals surface area contributed by atoms with Crippen molar-refractivity contribution in [3.8, 4) is 5.75 Å². The van der Waals surface area contributed by atoms with Gasteiger partial charge in [0.2, 0.25) is 0 Å². The van der Waals surface area contributed by atoms with Crippen LogP contribution in [0.3, 0.4) is 0 Å². The van der Waals surface area contributed by atoms with Gasteiger partial charge in [-0.25, -0.2) is 0 Å². The van der Waals surface area contributed by atoms with Gasteiger partial charge in [0, 0.05) is 16.6 Å². The lowest BCUT2D eigenvalue weighted by atomic mass is 10.1. The normalized spacial score (nSPS) is 12.6. The second-order valence-electron chi connectivity index (χ2n) is 4.59. The lowest BCUT2D eigenvalue weighted by Crippen LogP contribution is -2.08. The first kappa shape index (κ1) is 14.6. The molecule has 0 aromatic heterocycles. The van der Waals surface area contributed by atoms with Crippen molar-refractivity contribution in [1.82, 2.24) is 0 Å². The molecular weight excluding hydrogens is 270 g/mol. The Morgan fingerprint density at radius 2 is 1.95 bits per heavy atom. The van der Waals surface area contributed by atoms with Crippen LogP contribution in [0, 0.1) is 0 Å². The van der Waals surface area contributed by atoms with Crippen molar-refractivity contribution in [2.45, 2.75) is 13.0 Å². The highest BCUT2D eigenvalue weighted by atomic mass is 35.5. The van der Waals surface area contributed by atoms with Crippen molar-refractivity contribution >= 4 is 17.7 Å². The molecule has 2 aromatic carbocycles. The second-order valence-corrected chi connectivity index (χ2v) is 5.03. The monoisotopic (exact) mass is 287 g/mol. The number of hydrogen-bond donors (Lipinski definition) is 1. The highest BCUT2D eigenvalue weighted by Gasteiger charge is 2.08. The summed E-state index contributed by atoms with van der Waals surface area (Å²) >= 11 is 5.98. The summed E-state index contributed by atoms with van der Waals surface area (Å²) in [4.78, 5) is 0. The fourth-order valence-corrected chi connectivity index (χ4v) is 2.07. The van der Waals surface area contributed by atoms with E-state index in [4.69, 9.17) is 22.1 Å². The number of nitrogens with two attached hydrogens (primary N) is 1. The molecular formula is C17H18ClNO. The molecule has 0 saturated carbocycles. The second kappa shape index (κ2) is 7.13. The molecule has 2 N–H and O–H groups in total. The van der Waals surface area contributed by atoms with Gasteiger partial charge in [-0.1, -0.05) is 48.0 Å². The Kier molecular flexibility index (Phi) is 5.22. The molecule has 0 amide bonds. The minimum absolute atomic E-state index is 0.109. The molecule has 0 spiro atoms. The molecule has 0 bridgehead atoms. The molecule has 0 saturated heterocycles. The maximum absolute atomic E-state index is 5.98. The van der Waals surface area contributed by atoms with Crippen LogP contribution in [-0.4, -0.2) is 6.61 Å². The van der Waals surface area contributed by atoms with Gasteiger partial charge in [-0.05, 0) is 36.8 Å². The first-order valence-electron chi connectivity index (χ1n) is 6.56. The van der Waals surface area contributed by atoms with Crippen LogP contribution in [0.4, 0.5) is 0 Å². The molecule has 0 radical (unpaired) electrons. The van der Waals surface area contributed by atoms with E-state index in [1.807, 2.05) is 67.6 Å². The van der Waals surface area contributed by atoms with E-state index in [2.05, 4.69) is 0 Å². The summed E-state index contributed by atoms with van der Waals surface area (Å²) in [6.45, 7) is 2.41. The highest BCUT2D eigenvalue weighted by Crippen LogP contribution is 2.27. The Hall–Kier alpha value is -1.77. The van der Waals surface area contributed by atoms with Gasteiger partial charge >= 0.3 is 0 Å². The predicted octanol–water partition coefficient (Wildman–Crippen LogP) is 4.45. The van der Waals surface area contributed by atoms with Crippen LogP contribution in [0.25, 0.3) is 6.08 Å². The average molecular weight is 288 g/mol. The summed E-state index contributed by atoms with van der Waals surface area (Å²) in [7, 11) is 0. The zero-order valence-electron chi connectivity index (χ0n) is 11.4. The SMILES string of the molecule is CC(N)c1cc(Cl)ccc1OCC=Cc1ccccc1. The molecule has 0 aliphatic rings. The Morgan fingerprint density at radius 3 is 2.65 bits per heavy atom. The van der Waals surface area contributed by atoms with Crippen LogP contribution in [-0.2, 0) is 0 Å². The smallest absolute Gasteiger partial charge is 0.124 e. The van der Waals surface area contributed by atoms with Gasteiger partial charge in [-0.2, -0.15) is 0 Å². The van der Waals surface area contributed by atoms with Crippen molar-refractivity contribution in [3.05, 3.63) is 70.8 Å². The molecule has 2 rings (SSSR count). The average Bonchev–Trinajstić information content (AvgIpc) is 2.45. The Balaban J connectivity index is 1.99. The molecule has 0 aliphatic heterocycles. The van der Waals surface area contributed by atoms with Gasteiger partial charge in [0.05, 0.1) is 0 Å². The predicted molar refractivity (Wildman–Crippen MR) is 85.0 cm³/mol. The van der Waals surface area contributed by atoms with E-state index >= 15 is 0 Å². The van der Waals surface area contributed by atoms with Crippen LogP contribution in [0.15, 0.2) is 54.6 Å². The summed E-state index contributed by atoms with van der Waals surface area (Å²) in [6, 6.07) is 15.5. The van der Waals surface area contributed by atoms with Crippen LogP contribution in [0.5, 0.6) is 5.75 Å². The van der Waals surface area contributed by atoms with Crippen LogP contribution < -0.4 is 10.5 Å². The van der Waals surface area contributed by atoms with Crippen molar-refractivity contribution in [2.75, 3.05) is 6.61 Å². The fraction of sp³-hybridized carbons (Fsp3) is 0.176. The first-order chi connectivity index (χ1) is 9.66. The number of benzene rings is 2. The lowest BCUT2D eigenvalue weighted by molar-refractivity contribution is 0.357. The summed E-state index contributed by atoms with van der Waals surface area (Å²) < 4.78 is 5.75. The highest BCUT2D eigenvalue weighted by molar-refractivity contribution is 6.30. The summed E-state index contributed by atoms with van der Waals surface area (Å²) in [5.74, 6) is 0.780. The molecule has 1 unspecified atom stereocenters.